The smallest absolute Gasteiger partial charge is 0.227 e. The molecule has 0 radical (unpaired) electrons. The minimum absolute atomic E-state index is 0. The molecule has 126 valence electrons. The number of para-hydroxylation sites is 2. The Hall–Kier alpha value is -1.01. The predicted molar refractivity (Wildman–Crippen MR) is 95.5 cm³/mol. The first-order valence-corrected chi connectivity index (χ1v) is 7.11. The molecule has 1 aliphatic heterocycles. The second-order valence-corrected chi connectivity index (χ2v) is 5.06. The number of rotatable bonds is 6. The number of nitrogens with one attached hydrogen (secondary N) is 1. The Kier molecular flexibility index (Phi) is 10.2. The van der Waals surface area contributed by atoms with E-state index < -0.39 is 0 Å². The molecule has 1 saturated heterocycles. The average molecular weight is 350 g/mol. The summed E-state index contributed by atoms with van der Waals surface area (Å²) < 4.78 is 5.14. The maximum absolute atomic E-state index is 12.0. The topological polar surface area (TPSA) is 67.6 Å². The molecule has 3 N–H and O–H groups in total. The van der Waals surface area contributed by atoms with Gasteiger partial charge in [-0.3, -0.25) is 4.79 Å². The molecule has 1 fully saturated rings. The van der Waals surface area contributed by atoms with E-state index in [4.69, 9.17) is 10.5 Å². The van der Waals surface area contributed by atoms with Crippen molar-refractivity contribution in [1.82, 2.24) is 0 Å². The summed E-state index contributed by atoms with van der Waals surface area (Å²) in [7, 11) is 1.57. The highest BCUT2D eigenvalue weighted by atomic mass is 35.5. The Labute approximate surface area is 144 Å². The molecule has 2 rings (SSSR count). The number of hydrogen-bond donors (Lipinski definition) is 2. The van der Waals surface area contributed by atoms with Crippen LogP contribution in [0.25, 0.3) is 0 Å². The average Bonchev–Trinajstić information content (AvgIpc) is 2.99. The number of benzene rings is 1. The van der Waals surface area contributed by atoms with Gasteiger partial charge in [0.2, 0.25) is 5.91 Å². The van der Waals surface area contributed by atoms with Crippen LogP contribution in [-0.4, -0.2) is 38.8 Å². The molecule has 0 saturated carbocycles. The van der Waals surface area contributed by atoms with E-state index in [1.54, 1.807) is 7.11 Å². The van der Waals surface area contributed by atoms with Crippen molar-refractivity contribution in [3.63, 3.8) is 0 Å². The van der Waals surface area contributed by atoms with Crippen LogP contribution in [0, 0.1) is 0 Å². The molecule has 5 nitrogen and oxygen atoms in total. The quantitative estimate of drug-likeness (QED) is 0.827. The first-order chi connectivity index (χ1) is 9.74. The second kappa shape index (κ2) is 10.7. The molecule has 7 heteroatoms. The number of carbonyl (C=O) groups excluding carboxylic acids is 1. The van der Waals surface area contributed by atoms with Crippen LogP contribution >= 0.6 is 24.8 Å². The van der Waals surface area contributed by atoms with Gasteiger partial charge in [-0.15, -0.1) is 24.8 Å². The Morgan fingerprint density at radius 1 is 1.32 bits per heavy atom. The van der Waals surface area contributed by atoms with Gasteiger partial charge in [-0.25, -0.2) is 0 Å². The Morgan fingerprint density at radius 3 is 2.55 bits per heavy atom. The van der Waals surface area contributed by atoms with E-state index in [0.29, 0.717) is 6.54 Å². The lowest BCUT2D eigenvalue weighted by Gasteiger charge is -2.22. The van der Waals surface area contributed by atoms with Crippen molar-refractivity contribution in [2.24, 2.45) is 5.73 Å². The molecule has 1 amide bonds. The van der Waals surface area contributed by atoms with Gasteiger partial charge < -0.3 is 20.7 Å². The zero-order valence-electron chi connectivity index (χ0n) is 12.8. The van der Waals surface area contributed by atoms with Crippen molar-refractivity contribution in [3.05, 3.63) is 24.3 Å². The van der Waals surface area contributed by atoms with E-state index in [0.717, 1.165) is 24.5 Å². The lowest BCUT2D eigenvalue weighted by Crippen LogP contribution is -2.28. The molecule has 1 aromatic carbocycles. The largest absolute Gasteiger partial charge is 0.380 e. The summed E-state index contributed by atoms with van der Waals surface area (Å²) in [6, 6.07) is 7.93. The molecular weight excluding hydrogens is 325 g/mol. The molecule has 1 heterocycles. The van der Waals surface area contributed by atoms with E-state index in [9.17, 15) is 4.79 Å². The Balaban J connectivity index is 0.00000220. The third kappa shape index (κ3) is 5.65. The molecule has 0 spiro atoms. The molecule has 1 atom stereocenters. The molecule has 1 unspecified atom stereocenters. The van der Waals surface area contributed by atoms with Crippen LogP contribution in [0.4, 0.5) is 11.4 Å². The maximum Gasteiger partial charge on any atom is 0.227 e. The number of nitrogens with zero attached hydrogens (tertiary/aromatic N) is 1. The van der Waals surface area contributed by atoms with Gasteiger partial charge in [0.15, 0.2) is 0 Å². The van der Waals surface area contributed by atoms with E-state index in [1.807, 2.05) is 18.2 Å². The summed E-state index contributed by atoms with van der Waals surface area (Å²) in [5.41, 5.74) is 7.51. The van der Waals surface area contributed by atoms with E-state index in [1.165, 1.54) is 12.8 Å². The van der Waals surface area contributed by atoms with E-state index in [2.05, 4.69) is 16.3 Å². The zero-order chi connectivity index (χ0) is 14.4. The normalized spacial score (nSPS) is 14.7. The summed E-state index contributed by atoms with van der Waals surface area (Å²) in [4.78, 5) is 14.4. The van der Waals surface area contributed by atoms with Crippen molar-refractivity contribution in [1.29, 1.82) is 0 Å². The predicted octanol–water partition coefficient (Wildman–Crippen LogP) is 2.43. The molecule has 22 heavy (non-hydrogen) atoms. The van der Waals surface area contributed by atoms with Gasteiger partial charge in [0, 0.05) is 26.7 Å². The Bertz CT molecular complexity index is 450. The van der Waals surface area contributed by atoms with Crippen molar-refractivity contribution in [2.75, 3.05) is 37.0 Å². The molecular formula is C15H25Cl2N3O2. The molecule has 1 aromatic rings. The fourth-order valence-corrected chi connectivity index (χ4v) is 2.48. The van der Waals surface area contributed by atoms with Gasteiger partial charge in [-0.05, 0) is 25.0 Å². The van der Waals surface area contributed by atoms with Gasteiger partial charge in [-0.2, -0.15) is 0 Å². The number of carbonyl (C=O) groups is 1. The first kappa shape index (κ1) is 21.0. The zero-order valence-corrected chi connectivity index (χ0v) is 14.4. The standard InChI is InChI=1S/C15H23N3O2.2ClH/c1-20-12(11-16)10-15(19)17-13-6-2-3-7-14(13)18-8-4-5-9-18;;/h2-3,6-7,12H,4-5,8-11,16H2,1H3,(H,17,19);2*1H. The fourth-order valence-electron chi connectivity index (χ4n) is 2.48. The van der Waals surface area contributed by atoms with Crippen LogP contribution in [0.1, 0.15) is 19.3 Å². The van der Waals surface area contributed by atoms with Crippen LogP contribution in [-0.2, 0) is 9.53 Å². The molecule has 0 aliphatic carbocycles. The number of ether oxygens (including phenoxy) is 1. The summed E-state index contributed by atoms with van der Waals surface area (Å²) in [5.74, 6) is -0.0612. The third-order valence-electron chi connectivity index (χ3n) is 3.63. The van der Waals surface area contributed by atoms with Crippen LogP contribution in [0.5, 0.6) is 0 Å². The van der Waals surface area contributed by atoms with Gasteiger partial charge in [-0.1, -0.05) is 12.1 Å². The number of hydrogen-bond acceptors (Lipinski definition) is 4. The van der Waals surface area contributed by atoms with Gasteiger partial charge in [0.1, 0.15) is 0 Å². The van der Waals surface area contributed by atoms with Crippen molar-refractivity contribution < 1.29 is 9.53 Å². The number of amides is 1. The summed E-state index contributed by atoms with van der Waals surface area (Å²) in [6.07, 6.45) is 2.47. The van der Waals surface area contributed by atoms with Crippen LogP contribution < -0.4 is 16.0 Å². The van der Waals surface area contributed by atoms with Crippen LogP contribution in [0.15, 0.2) is 24.3 Å². The van der Waals surface area contributed by atoms with Crippen molar-refractivity contribution in [3.8, 4) is 0 Å². The summed E-state index contributed by atoms with van der Waals surface area (Å²) in [6.45, 7) is 2.45. The van der Waals surface area contributed by atoms with E-state index in [-0.39, 0.29) is 43.2 Å². The summed E-state index contributed by atoms with van der Waals surface area (Å²) in [5, 5.41) is 2.97. The van der Waals surface area contributed by atoms with Crippen LogP contribution in [0.2, 0.25) is 0 Å². The highest BCUT2D eigenvalue weighted by molar-refractivity contribution is 5.94. The summed E-state index contributed by atoms with van der Waals surface area (Å²) >= 11 is 0. The number of methoxy groups -OCH3 is 1. The number of anilines is 2. The van der Waals surface area contributed by atoms with Gasteiger partial charge >= 0.3 is 0 Å². The monoisotopic (exact) mass is 349 g/mol. The molecule has 0 aromatic heterocycles. The maximum atomic E-state index is 12.0. The minimum atomic E-state index is -0.228. The highest BCUT2D eigenvalue weighted by Crippen LogP contribution is 2.28. The van der Waals surface area contributed by atoms with Crippen molar-refractivity contribution in [2.45, 2.75) is 25.4 Å². The first-order valence-electron chi connectivity index (χ1n) is 7.11. The molecule has 0 bridgehead atoms. The number of halogens is 2. The van der Waals surface area contributed by atoms with Gasteiger partial charge in [0.25, 0.3) is 0 Å². The van der Waals surface area contributed by atoms with Gasteiger partial charge in [0.05, 0.1) is 23.9 Å². The number of nitrogens with two attached hydrogens (primary N) is 1. The highest BCUT2D eigenvalue weighted by Gasteiger charge is 2.17. The van der Waals surface area contributed by atoms with Crippen LogP contribution in [0.3, 0.4) is 0 Å². The molecule has 1 aliphatic rings. The second-order valence-electron chi connectivity index (χ2n) is 5.06. The Morgan fingerprint density at radius 2 is 1.95 bits per heavy atom. The third-order valence-corrected chi connectivity index (χ3v) is 3.63. The van der Waals surface area contributed by atoms with E-state index >= 15 is 0 Å². The van der Waals surface area contributed by atoms with Crippen molar-refractivity contribution >= 4 is 42.1 Å². The SMILES string of the molecule is COC(CN)CC(=O)Nc1ccccc1N1CCCC1.Cl.Cl. The lowest BCUT2D eigenvalue weighted by atomic mass is 10.2. The minimum Gasteiger partial charge on any atom is -0.380 e. The lowest BCUT2D eigenvalue weighted by molar-refractivity contribution is -0.118. The fraction of sp³-hybridized carbons (Fsp3) is 0.533.